The van der Waals surface area contributed by atoms with E-state index in [9.17, 15) is 9.59 Å². The van der Waals surface area contributed by atoms with E-state index in [4.69, 9.17) is 16.3 Å². The van der Waals surface area contributed by atoms with Gasteiger partial charge in [0.2, 0.25) is 5.91 Å². The van der Waals surface area contributed by atoms with Gasteiger partial charge in [-0.15, -0.1) is 10.2 Å². The topological polar surface area (TPSA) is 97.6 Å². The first-order valence-electron chi connectivity index (χ1n) is 9.92. The second kappa shape index (κ2) is 9.93. The van der Waals surface area contributed by atoms with Crippen molar-refractivity contribution in [1.82, 2.24) is 14.6 Å². The highest BCUT2D eigenvalue weighted by atomic mass is 35.5. The maximum atomic E-state index is 12.7. The summed E-state index contributed by atoms with van der Waals surface area (Å²) in [4.78, 5) is 25.0. The fourth-order valence-corrected chi connectivity index (χ4v) is 3.87. The van der Waals surface area contributed by atoms with Crippen LogP contribution in [0.2, 0.25) is 5.02 Å². The Kier molecular flexibility index (Phi) is 6.81. The molecule has 2 aromatic heterocycles. The molecule has 0 spiro atoms. The Bertz CT molecular complexity index is 1320. The molecule has 0 saturated heterocycles. The zero-order valence-electron chi connectivity index (χ0n) is 17.8. The molecule has 0 bridgehead atoms. The third-order valence-corrected chi connectivity index (χ3v) is 6.12. The smallest absolute Gasteiger partial charge is 0.257 e. The van der Waals surface area contributed by atoms with Crippen molar-refractivity contribution < 1.29 is 14.3 Å². The van der Waals surface area contributed by atoms with Gasteiger partial charge in [-0.1, -0.05) is 29.4 Å². The second-order valence-electron chi connectivity index (χ2n) is 7.11. The van der Waals surface area contributed by atoms with Gasteiger partial charge in [0.15, 0.2) is 10.8 Å². The lowest BCUT2D eigenvalue weighted by Gasteiger charge is -2.08. The van der Waals surface area contributed by atoms with Crippen LogP contribution < -0.4 is 15.4 Å². The van der Waals surface area contributed by atoms with E-state index < -0.39 is 0 Å². The summed E-state index contributed by atoms with van der Waals surface area (Å²) in [5.41, 5.74) is 3.21. The van der Waals surface area contributed by atoms with Crippen molar-refractivity contribution in [3.63, 3.8) is 0 Å². The molecule has 2 amide bonds. The van der Waals surface area contributed by atoms with E-state index in [1.165, 1.54) is 11.8 Å². The summed E-state index contributed by atoms with van der Waals surface area (Å²) in [7, 11) is 1.58. The first kappa shape index (κ1) is 22.6. The van der Waals surface area contributed by atoms with Gasteiger partial charge in [0.25, 0.3) is 5.91 Å². The molecule has 0 aliphatic rings. The number of halogens is 1. The average molecular weight is 482 g/mol. The van der Waals surface area contributed by atoms with Crippen LogP contribution in [-0.4, -0.2) is 39.3 Å². The summed E-state index contributed by atoms with van der Waals surface area (Å²) >= 11 is 7.33. The molecule has 168 valence electrons. The SMILES string of the molecule is COc1ccc(NC(=O)c2ccc3nnc(SCC(=O)Nc4ccc(C)c(Cl)c4)n3c2)cc1. The molecule has 0 aliphatic heterocycles. The lowest BCUT2D eigenvalue weighted by atomic mass is 10.2. The third kappa shape index (κ3) is 5.44. The molecule has 33 heavy (non-hydrogen) atoms. The highest BCUT2D eigenvalue weighted by Gasteiger charge is 2.13. The minimum Gasteiger partial charge on any atom is -0.497 e. The number of aromatic nitrogens is 3. The molecule has 0 aliphatic carbocycles. The normalized spacial score (nSPS) is 10.8. The number of thioether (sulfide) groups is 1. The number of ether oxygens (including phenoxy) is 1. The van der Waals surface area contributed by atoms with Gasteiger partial charge in [-0.05, 0) is 61.0 Å². The molecule has 0 saturated carbocycles. The number of rotatable bonds is 7. The van der Waals surface area contributed by atoms with Crippen LogP contribution in [0.1, 0.15) is 15.9 Å². The Hall–Kier alpha value is -3.56. The van der Waals surface area contributed by atoms with Crippen LogP contribution in [-0.2, 0) is 4.79 Å². The fraction of sp³-hybridized carbons (Fsp3) is 0.130. The predicted octanol–water partition coefficient (Wildman–Crippen LogP) is 4.68. The van der Waals surface area contributed by atoms with Crippen LogP contribution in [0.15, 0.2) is 66.0 Å². The number of fused-ring (bicyclic) bond motifs is 1. The number of amides is 2. The largest absolute Gasteiger partial charge is 0.497 e. The molecule has 0 atom stereocenters. The van der Waals surface area contributed by atoms with Crippen LogP contribution in [0.3, 0.4) is 0 Å². The highest BCUT2D eigenvalue weighted by Crippen LogP contribution is 2.22. The van der Waals surface area contributed by atoms with Crippen LogP contribution in [0.4, 0.5) is 11.4 Å². The molecule has 2 N–H and O–H groups in total. The van der Waals surface area contributed by atoms with Gasteiger partial charge in [-0.2, -0.15) is 0 Å². The quantitative estimate of drug-likeness (QED) is 0.372. The molecule has 8 nitrogen and oxygen atoms in total. The molecule has 4 rings (SSSR count). The monoisotopic (exact) mass is 481 g/mol. The van der Waals surface area contributed by atoms with Gasteiger partial charge in [0.1, 0.15) is 5.75 Å². The van der Waals surface area contributed by atoms with E-state index in [0.717, 1.165) is 5.56 Å². The van der Waals surface area contributed by atoms with Crippen molar-refractivity contribution >= 4 is 52.2 Å². The molecule has 0 unspecified atom stereocenters. The van der Waals surface area contributed by atoms with Crippen molar-refractivity contribution in [1.29, 1.82) is 0 Å². The summed E-state index contributed by atoms with van der Waals surface area (Å²) in [6.07, 6.45) is 1.65. The molecular weight excluding hydrogens is 462 g/mol. The number of hydrogen-bond acceptors (Lipinski definition) is 6. The number of carbonyl (C=O) groups is 2. The first-order chi connectivity index (χ1) is 15.9. The Labute approximate surface area is 199 Å². The standard InChI is InChI=1S/C23H20ClN5O3S/c1-14-3-5-17(11-19(14)24)25-21(30)13-33-23-28-27-20-10-4-15(12-29(20)23)22(31)26-16-6-8-18(32-2)9-7-16/h3-12H,13H2,1-2H3,(H,25,30)(H,26,31). The molecule has 2 aromatic carbocycles. The maximum Gasteiger partial charge on any atom is 0.257 e. The van der Waals surface area contributed by atoms with Gasteiger partial charge in [0.05, 0.1) is 18.4 Å². The van der Waals surface area contributed by atoms with Crippen molar-refractivity contribution in [2.24, 2.45) is 0 Å². The zero-order chi connectivity index (χ0) is 23.4. The summed E-state index contributed by atoms with van der Waals surface area (Å²) in [6, 6.07) is 15.8. The number of benzene rings is 2. The van der Waals surface area contributed by atoms with Gasteiger partial charge < -0.3 is 15.4 Å². The number of hydrogen-bond donors (Lipinski definition) is 2. The van der Waals surface area contributed by atoms with E-state index in [1.54, 1.807) is 66.2 Å². The average Bonchev–Trinajstić information content (AvgIpc) is 3.23. The number of nitrogens with zero attached hydrogens (tertiary/aromatic N) is 3. The highest BCUT2D eigenvalue weighted by molar-refractivity contribution is 7.99. The van der Waals surface area contributed by atoms with Crippen molar-refractivity contribution in [3.8, 4) is 5.75 Å². The molecular formula is C23H20ClN5O3S. The Balaban J connectivity index is 1.43. The lowest BCUT2D eigenvalue weighted by molar-refractivity contribution is -0.113. The number of anilines is 2. The molecule has 10 heteroatoms. The Morgan fingerprint density at radius 3 is 2.52 bits per heavy atom. The minimum absolute atomic E-state index is 0.120. The predicted molar refractivity (Wildman–Crippen MR) is 129 cm³/mol. The molecule has 0 radical (unpaired) electrons. The minimum atomic E-state index is -0.277. The third-order valence-electron chi connectivity index (χ3n) is 4.77. The molecule has 0 fully saturated rings. The number of carbonyl (C=O) groups excluding carboxylic acids is 2. The van der Waals surface area contributed by atoms with E-state index in [1.807, 2.05) is 13.0 Å². The first-order valence-corrected chi connectivity index (χ1v) is 11.3. The van der Waals surface area contributed by atoms with Crippen LogP contribution >= 0.6 is 23.4 Å². The van der Waals surface area contributed by atoms with Crippen molar-refractivity contribution in [3.05, 3.63) is 76.9 Å². The van der Waals surface area contributed by atoms with Crippen LogP contribution in [0.25, 0.3) is 5.65 Å². The van der Waals surface area contributed by atoms with Crippen LogP contribution in [0.5, 0.6) is 5.75 Å². The number of pyridine rings is 1. The Morgan fingerprint density at radius 2 is 1.79 bits per heavy atom. The van der Waals surface area contributed by atoms with E-state index in [2.05, 4.69) is 20.8 Å². The maximum absolute atomic E-state index is 12.7. The molecule has 4 aromatic rings. The zero-order valence-corrected chi connectivity index (χ0v) is 19.4. The van der Waals surface area contributed by atoms with Crippen LogP contribution in [0, 0.1) is 6.92 Å². The van der Waals surface area contributed by atoms with E-state index in [-0.39, 0.29) is 17.6 Å². The van der Waals surface area contributed by atoms with E-state index in [0.29, 0.717) is 38.5 Å². The Morgan fingerprint density at radius 1 is 1.03 bits per heavy atom. The van der Waals surface area contributed by atoms with Gasteiger partial charge in [-0.3, -0.25) is 14.0 Å². The molecule has 2 heterocycles. The van der Waals surface area contributed by atoms with Crippen molar-refractivity contribution in [2.45, 2.75) is 12.1 Å². The summed E-state index contributed by atoms with van der Waals surface area (Å²) in [5, 5.41) is 15.0. The lowest BCUT2D eigenvalue weighted by Crippen LogP contribution is -2.14. The van der Waals surface area contributed by atoms with Gasteiger partial charge in [-0.25, -0.2) is 0 Å². The summed E-state index contributed by atoms with van der Waals surface area (Å²) in [6.45, 7) is 1.89. The van der Waals surface area contributed by atoms with Gasteiger partial charge >= 0.3 is 0 Å². The second-order valence-corrected chi connectivity index (χ2v) is 8.46. The fourth-order valence-electron chi connectivity index (χ4n) is 2.98. The number of aryl methyl sites for hydroxylation is 1. The number of nitrogens with one attached hydrogen (secondary N) is 2. The summed E-state index contributed by atoms with van der Waals surface area (Å²) in [5.74, 6) is 0.343. The summed E-state index contributed by atoms with van der Waals surface area (Å²) < 4.78 is 6.81. The van der Waals surface area contributed by atoms with Crippen molar-refractivity contribution in [2.75, 3.05) is 23.5 Å². The van der Waals surface area contributed by atoms with Gasteiger partial charge in [0, 0.05) is 22.6 Å². The number of methoxy groups -OCH3 is 1. The van der Waals surface area contributed by atoms with E-state index >= 15 is 0 Å².